The highest BCUT2D eigenvalue weighted by Crippen LogP contribution is 2.25. The Hall–Kier alpha value is -1.56. The number of hydrogen-bond acceptors (Lipinski definition) is 4. The van der Waals surface area contributed by atoms with Crippen molar-refractivity contribution in [2.24, 2.45) is 0 Å². The van der Waals surface area contributed by atoms with Crippen LogP contribution in [0.3, 0.4) is 0 Å². The van der Waals surface area contributed by atoms with E-state index in [1.54, 1.807) is 0 Å². The molecule has 2 fully saturated rings. The number of piperidine rings is 1. The van der Waals surface area contributed by atoms with Crippen LogP contribution in [0.25, 0.3) is 0 Å². The molecule has 5 nitrogen and oxygen atoms in total. The fourth-order valence-electron chi connectivity index (χ4n) is 3.12. The second-order valence-electron chi connectivity index (χ2n) is 5.79. The van der Waals surface area contributed by atoms with Crippen molar-refractivity contribution in [1.82, 2.24) is 9.80 Å². The molecule has 0 bridgehead atoms. The molecule has 1 aromatic rings. The van der Waals surface area contributed by atoms with E-state index in [1.165, 1.54) is 11.3 Å². The molecule has 0 radical (unpaired) electrons. The largest absolute Gasteiger partial charge is 0.447 e. The Kier molecular flexibility index (Phi) is 3.89. The number of ether oxygens (including phenoxy) is 1. The van der Waals surface area contributed by atoms with E-state index in [0.717, 1.165) is 23.3 Å². The van der Waals surface area contributed by atoms with Crippen molar-refractivity contribution in [2.45, 2.75) is 38.8 Å². The van der Waals surface area contributed by atoms with Gasteiger partial charge in [0, 0.05) is 19.1 Å². The number of cyclic esters (lactones) is 1. The first-order valence-corrected chi connectivity index (χ1v) is 8.24. The van der Waals surface area contributed by atoms with Gasteiger partial charge in [0.2, 0.25) is 0 Å². The summed E-state index contributed by atoms with van der Waals surface area (Å²) in [5.74, 6) is 0.123. The molecular formula is C15H20N2O3S. The summed E-state index contributed by atoms with van der Waals surface area (Å²) in [7, 11) is 0. The summed E-state index contributed by atoms with van der Waals surface area (Å²) >= 11 is 1.50. The van der Waals surface area contributed by atoms with E-state index >= 15 is 0 Å². The summed E-state index contributed by atoms with van der Waals surface area (Å²) in [6.07, 6.45) is 1.45. The molecule has 2 aliphatic heterocycles. The van der Waals surface area contributed by atoms with Gasteiger partial charge in [0.15, 0.2) is 0 Å². The Morgan fingerprint density at radius 3 is 2.62 bits per heavy atom. The Bertz CT molecular complexity index is 549. The fraction of sp³-hybridized carbons (Fsp3) is 0.600. The third-order valence-electron chi connectivity index (χ3n) is 4.34. The van der Waals surface area contributed by atoms with Crippen LogP contribution in [0, 0.1) is 6.92 Å². The normalized spacial score (nSPS) is 23.5. The molecule has 2 amide bonds. The van der Waals surface area contributed by atoms with Gasteiger partial charge in [-0.05, 0) is 43.7 Å². The van der Waals surface area contributed by atoms with Crippen molar-refractivity contribution in [3.05, 3.63) is 21.9 Å². The molecule has 0 N–H and O–H groups in total. The zero-order valence-electron chi connectivity index (χ0n) is 12.4. The van der Waals surface area contributed by atoms with Crippen molar-refractivity contribution in [2.75, 3.05) is 19.7 Å². The van der Waals surface area contributed by atoms with Gasteiger partial charge in [-0.15, -0.1) is 11.3 Å². The minimum atomic E-state index is -0.207. The topological polar surface area (TPSA) is 49.9 Å². The van der Waals surface area contributed by atoms with Crippen molar-refractivity contribution in [1.29, 1.82) is 0 Å². The summed E-state index contributed by atoms with van der Waals surface area (Å²) in [4.78, 5) is 28.8. The first-order chi connectivity index (χ1) is 10.1. The molecule has 0 aliphatic carbocycles. The number of rotatable bonds is 2. The van der Waals surface area contributed by atoms with Crippen LogP contribution in [-0.4, -0.2) is 53.6 Å². The first-order valence-electron chi connectivity index (χ1n) is 7.36. The van der Waals surface area contributed by atoms with Crippen molar-refractivity contribution < 1.29 is 14.3 Å². The molecule has 114 valence electrons. The average Bonchev–Trinajstić information content (AvgIpc) is 3.05. The molecular weight excluding hydrogens is 288 g/mol. The lowest BCUT2D eigenvalue weighted by molar-refractivity contribution is 0.0645. The van der Waals surface area contributed by atoms with Crippen LogP contribution in [0.4, 0.5) is 4.79 Å². The number of amides is 2. The van der Waals surface area contributed by atoms with Gasteiger partial charge in [0.05, 0.1) is 10.9 Å². The Morgan fingerprint density at radius 2 is 2.10 bits per heavy atom. The maximum absolute atomic E-state index is 12.5. The predicted molar refractivity (Wildman–Crippen MR) is 80.6 cm³/mol. The van der Waals surface area contributed by atoms with Crippen LogP contribution < -0.4 is 0 Å². The number of nitrogens with zero attached hydrogens (tertiary/aromatic N) is 2. The third-order valence-corrected chi connectivity index (χ3v) is 5.34. The van der Waals surface area contributed by atoms with Gasteiger partial charge in [-0.2, -0.15) is 0 Å². The van der Waals surface area contributed by atoms with Crippen LogP contribution in [0.15, 0.2) is 11.4 Å². The maximum atomic E-state index is 12.5. The molecule has 1 atom stereocenters. The smallest absolute Gasteiger partial charge is 0.410 e. The highest BCUT2D eigenvalue weighted by atomic mass is 32.1. The molecule has 6 heteroatoms. The lowest BCUT2D eigenvalue weighted by Crippen LogP contribution is -2.49. The second-order valence-corrected chi connectivity index (χ2v) is 6.71. The summed E-state index contributed by atoms with van der Waals surface area (Å²) in [5, 5.41) is 1.96. The molecule has 3 rings (SSSR count). The number of likely N-dealkylation sites (tertiary alicyclic amines) is 1. The van der Waals surface area contributed by atoms with Crippen molar-refractivity contribution >= 4 is 23.3 Å². The van der Waals surface area contributed by atoms with Crippen LogP contribution in [-0.2, 0) is 4.74 Å². The Balaban J connectivity index is 1.62. The fourth-order valence-corrected chi connectivity index (χ4v) is 4.01. The van der Waals surface area contributed by atoms with Crippen LogP contribution in [0.2, 0.25) is 0 Å². The summed E-state index contributed by atoms with van der Waals surface area (Å²) in [5.41, 5.74) is 1.05. The zero-order valence-corrected chi connectivity index (χ0v) is 13.2. The van der Waals surface area contributed by atoms with Crippen LogP contribution in [0.5, 0.6) is 0 Å². The van der Waals surface area contributed by atoms with E-state index in [9.17, 15) is 9.59 Å². The van der Waals surface area contributed by atoms with Gasteiger partial charge in [0.1, 0.15) is 6.61 Å². The van der Waals surface area contributed by atoms with Crippen molar-refractivity contribution in [3.63, 3.8) is 0 Å². The number of aryl methyl sites for hydroxylation is 1. The van der Waals surface area contributed by atoms with E-state index in [-0.39, 0.29) is 24.1 Å². The lowest BCUT2D eigenvalue weighted by atomic mass is 10.0. The van der Waals surface area contributed by atoms with Gasteiger partial charge in [-0.1, -0.05) is 0 Å². The highest BCUT2D eigenvalue weighted by Gasteiger charge is 2.37. The van der Waals surface area contributed by atoms with Crippen molar-refractivity contribution in [3.8, 4) is 0 Å². The van der Waals surface area contributed by atoms with Crippen LogP contribution in [0.1, 0.15) is 35.0 Å². The van der Waals surface area contributed by atoms with Gasteiger partial charge < -0.3 is 9.64 Å². The second kappa shape index (κ2) is 5.67. The zero-order chi connectivity index (χ0) is 15.0. The first kappa shape index (κ1) is 14.4. The van der Waals surface area contributed by atoms with E-state index < -0.39 is 0 Å². The van der Waals surface area contributed by atoms with Gasteiger partial charge >= 0.3 is 6.09 Å². The quantitative estimate of drug-likeness (QED) is 0.843. The molecule has 0 saturated carbocycles. The molecule has 1 unspecified atom stereocenters. The van der Waals surface area contributed by atoms with E-state index in [2.05, 4.69) is 0 Å². The van der Waals surface area contributed by atoms with E-state index in [4.69, 9.17) is 4.74 Å². The maximum Gasteiger partial charge on any atom is 0.410 e. The van der Waals surface area contributed by atoms with Gasteiger partial charge in [0.25, 0.3) is 5.91 Å². The van der Waals surface area contributed by atoms with Crippen LogP contribution >= 0.6 is 11.3 Å². The molecule has 1 aromatic heterocycles. The summed E-state index contributed by atoms with van der Waals surface area (Å²) < 4.78 is 5.09. The standard InChI is InChI=1S/C15H20N2O3S/c1-10-5-8-21-13(10)14(18)16-6-3-12(4-7-16)17-11(2)9-20-15(17)19/h5,8,11-12H,3-4,6-7,9H2,1-2H3. The molecule has 0 spiro atoms. The monoisotopic (exact) mass is 308 g/mol. The molecule has 21 heavy (non-hydrogen) atoms. The Morgan fingerprint density at radius 1 is 1.38 bits per heavy atom. The van der Waals surface area contributed by atoms with E-state index in [1.807, 2.05) is 35.1 Å². The summed E-state index contributed by atoms with van der Waals surface area (Å²) in [6.45, 7) is 5.87. The molecule has 3 heterocycles. The summed E-state index contributed by atoms with van der Waals surface area (Å²) in [6, 6.07) is 2.32. The number of carbonyl (C=O) groups is 2. The predicted octanol–water partition coefficient (Wildman–Crippen LogP) is 2.50. The molecule has 2 aliphatic rings. The number of hydrogen-bond donors (Lipinski definition) is 0. The minimum Gasteiger partial charge on any atom is -0.447 e. The number of carbonyl (C=O) groups excluding carboxylic acids is 2. The SMILES string of the molecule is Cc1ccsc1C(=O)N1CCC(N2C(=O)OCC2C)CC1. The molecule has 0 aromatic carbocycles. The Labute approximate surface area is 128 Å². The third kappa shape index (κ3) is 2.64. The van der Waals surface area contributed by atoms with Gasteiger partial charge in [-0.25, -0.2) is 4.79 Å². The van der Waals surface area contributed by atoms with Gasteiger partial charge in [-0.3, -0.25) is 9.69 Å². The lowest BCUT2D eigenvalue weighted by Gasteiger charge is -2.37. The average molecular weight is 308 g/mol. The van der Waals surface area contributed by atoms with E-state index in [0.29, 0.717) is 19.7 Å². The minimum absolute atomic E-state index is 0.123. The highest BCUT2D eigenvalue weighted by molar-refractivity contribution is 7.12. The number of thiophene rings is 1. The molecule has 2 saturated heterocycles.